The van der Waals surface area contributed by atoms with Gasteiger partial charge < -0.3 is 4.90 Å². The van der Waals surface area contributed by atoms with Crippen LogP contribution in [0, 0.1) is 6.92 Å². The SMILES string of the molecule is Cc1cccc2ccc(/C=C/C(=O)N(C)C)nc12. The van der Waals surface area contributed by atoms with E-state index in [0.29, 0.717) is 0 Å². The highest BCUT2D eigenvalue weighted by Crippen LogP contribution is 2.16. The largest absolute Gasteiger partial charge is 0.345 e. The number of nitrogens with zero attached hydrogens (tertiary/aromatic N) is 2. The predicted molar refractivity (Wildman–Crippen MR) is 74.2 cm³/mol. The minimum atomic E-state index is -0.0401. The van der Waals surface area contributed by atoms with E-state index in [9.17, 15) is 4.79 Å². The smallest absolute Gasteiger partial charge is 0.246 e. The fourth-order valence-corrected chi connectivity index (χ4v) is 1.71. The standard InChI is InChI=1S/C15H16N2O/c1-11-5-4-6-12-7-8-13(16-15(11)12)9-10-14(18)17(2)3/h4-10H,1-3H3/b10-9+. The number of amides is 1. The summed E-state index contributed by atoms with van der Waals surface area (Å²) in [6.45, 7) is 2.04. The van der Waals surface area contributed by atoms with E-state index in [-0.39, 0.29) is 5.91 Å². The van der Waals surface area contributed by atoms with Gasteiger partial charge in [0.15, 0.2) is 0 Å². The molecule has 0 aliphatic carbocycles. The van der Waals surface area contributed by atoms with Crippen LogP contribution in [0.5, 0.6) is 0 Å². The number of rotatable bonds is 2. The van der Waals surface area contributed by atoms with Gasteiger partial charge in [-0.05, 0) is 24.6 Å². The quantitative estimate of drug-likeness (QED) is 0.756. The molecule has 1 aromatic carbocycles. The molecule has 0 aliphatic rings. The highest BCUT2D eigenvalue weighted by molar-refractivity contribution is 5.91. The summed E-state index contributed by atoms with van der Waals surface area (Å²) in [6.07, 6.45) is 3.28. The van der Waals surface area contributed by atoms with Gasteiger partial charge in [0.2, 0.25) is 5.91 Å². The molecule has 3 nitrogen and oxygen atoms in total. The van der Waals surface area contributed by atoms with Crippen molar-refractivity contribution in [2.75, 3.05) is 14.1 Å². The molecule has 0 bridgehead atoms. The normalized spacial score (nSPS) is 11.1. The summed E-state index contributed by atoms with van der Waals surface area (Å²) in [4.78, 5) is 17.5. The Kier molecular flexibility index (Phi) is 3.42. The number of hydrogen-bond acceptors (Lipinski definition) is 2. The first-order chi connectivity index (χ1) is 8.58. The maximum atomic E-state index is 11.5. The Morgan fingerprint density at radius 2 is 2.00 bits per heavy atom. The topological polar surface area (TPSA) is 33.2 Å². The van der Waals surface area contributed by atoms with Gasteiger partial charge in [0, 0.05) is 25.6 Å². The molecule has 0 atom stereocenters. The van der Waals surface area contributed by atoms with Gasteiger partial charge in [0.05, 0.1) is 11.2 Å². The summed E-state index contributed by atoms with van der Waals surface area (Å²) in [5.74, 6) is -0.0401. The van der Waals surface area contributed by atoms with E-state index >= 15 is 0 Å². The van der Waals surface area contributed by atoms with Crippen molar-refractivity contribution in [3.63, 3.8) is 0 Å². The van der Waals surface area contributed by atoms with Gasteiger partial charge in [0.25, 0.3) is 0 Å². The second-order valence-corrected chi connectivity index (χ2v) is 4.45. The zero-order chi connectivity index (χ0) is 13.1. The van der Waals surface area contributed by atoms with Crippen molar-refractivity contribution in [3.05, 3.63) is 47.7 Å². The van der Waals surface area contributed by atoms with Crippen LogP contribution in [0.3, 0.4) is 0 Å². The van der Waals surface area contributed by atoms with Crippen LogP contribution in [0.15, 0.2) is 36.4 Å². The first kappa shape index (κ1) is 12.3. The molecule has 18 heavy (non-hydrogen) atoms. The van der Waals surface area contributed by atoms with E-state index in [1.165, 1.54) is 11.0 Å². The number of carbonyl (C=O) groups excluding carboxylic acids is 1. The molecule has 0 radical (unpaired) electrons. The molecule has 0 fully saturated rings. The summed E-state index contributed by atoms with van der Waals surface area (Å²) >= 11 is 0. The fourth-order valence-electron chi connectivity index (χ4n) is 1.71. The van der Waals surface area contributed by atoms with Crippen LogP contribution in [0.25, 0.3) is 17.0 Å². The van der Waals surface area contributed by atoms with Crippen molar-refractivity contribution >= 4 is 22.9 Å². The van der Waals surface area contributed by atoms with Gasteiger partial charge in [0.1, 0.15) is 0 Å². The number of para-hydroxylation sites is 1. The third-order valence-electron chi connectivity index (χ3n) is 2.78. The van der Waals surface area contributed by atoms with Gasteiger partial charge in [-0.1, -0.05) is 24.3 Å². The molecule has 2 rings (SSSR count). The van der Waals surface area contributed by atoms with Crippen molar-refractivity contribution in [2.24, 2.45) is 0 Å². The van der Waals surface area contributed by atoms with E-state index in [1.54, 1.807) is 20.2 Å². The number of likely N-dealkylation sites (N-methyl/N-ethyl adjacent to an activating group) is 1. The molecule has 0 aliphatic heterocycles. The van der Waals surface area contributed by atoms with Crippen LogP contribution in [0.2, 0.25) is 0 Å². The number of benzene rings is 1. The van der Waals surface area contributed by atoms with Crippen molar-refractivity contribution in [2.45, 2.75) is 6.92 Å². The molecule has 92 valence electrons. The lowest BCUT2D eigenvalue weighted by Crippen LogP contribution is -2.18. The third-order valence-corrected chi connectivity index (χ3v) is 2.78. The molecule has 0 saturated heterocycles. The van der Waals surface area contributed by atoms with Crippen molar-refractivity contribution in [1.82, 2.24) is 9.88 Å². The van der Waals surface area contributed by atoms with E-state index < -0.39 is 0 Å². The Balaban J connectivity index is 2.36. The number of aryl methyl sites for hydroxylation is 1. The number of carbonyl (C=O) groups is 1. The molecule has 2 aromatic rings. The zero-order valence-corrected chi connectivity index (χ0v) is 10.8. The Morgan fingerprint density at radius 1 is 1.22 bits per heavy atom. The fraction of sp³-hybridized carbons (Fsp3) is 0.200. The molecule has 1 aromatic heterocycles. The second kappa shape index (κ2) is 5.00. The first-order valence-electron chi connectivity index (χ1n) is 5.83. The van der Waals surface area contributed by atoms with Crippen LogP contribution >= 0.6 is 0 Å². The van der Waals surface area contributed by atoms with Crippen molar-refractivity contribution in [3.8, 4) is 0 Å². The van der Waals surface area contributed by atoms with Crippen LogP contribution < -0.4 is 0 Å². The average Bonchev–Trinajstić information content (AvgIpc) is 2.36. The summed E-state index contributed by atoms with van der Waals surface area (Å²) in [6, 6.07) is 10.0. The first-order valence-corrected chi connectivity index (χ1v) is 5.83. The molecular formula is C15H16N2O. The Morgan fingerprint density at radius 3 is 2.72 bits per heavy atom. The van der Waals surface area contributed by atoms with Gasteiger partial charge in [-0.2, -0.15) is 0 Å². The molecule has 0 spiro atoms. The van der Waals surface area contributed by atoms with Crippen molar-refractivity contribution < 1.29 is 4.79 Å². The Hall–Kier alpha value is -2.16. The molecule has 1 heterocycles. The van der Waals surface area contributed by atoms with E-state index in [1.807, 2.05) is 37.3 Å². The molecule has 3 heteroatoms. The summed E-state index contributed by atoms with van der Waals surface area (Å²) in [5, 5.41) is 1.12. The molecule has 0 N–H and O–H groups in total. The highest BCUT2D eigenvalue weighted by atomic mass is 16.2. The highest BCUT2D eigenvalue weighted by Gasteiger charge is 2.00. The molecule has 0 unspecified atom stereocenters. The van der Waals surface area contributed by atoms with Crippen LogP contribution in [-0.4, -0.2) is 29.9 Å². The molecular weight excluding hydrogens is 224 g/mol. The summed E-state index contributed by atoms with van der Waals surface area (Å²) < 4.78 is 0. The second-order valence-electron chi connectivity index (χ2n) is 4.45. The molecule has 0 saturated carbocycles. The van der Waals surface area contributed by atoms with Crippen LogP contribution in [0.1, 0.15) is 11.3 Å². The summed E-state index contributed by atoms with van der Waals surface area (Å²) in [5.41, 5.74) is 2.92. The average molecular weight is 240 g/mol. The minimum Gasteiger partial charge on any atom is -0.345 e. The van der Waals surface area contributed by atoms with Crippen LogP contribution in [-0.2, 0) is 4.79 Å². The summed E-state index contributed by atoms with van der Waals surface area (Å²) in [7, 11) is 3.45. The van der Waals surface area contributed by atoms with Gasteiger partial charge >= 0.3 is 0 Å². The van der Waals surface area contributed by atoms with E-state index in [0.717, 1.165) is 22.2 Å². The predicted octanol–water partition coefficient (Wildman–Crippen LogP) is 2.64. The van der Waals surface area contributed by atoms with Gasteiger partial charge in [-0.25, -0.2) is 4.98 Å². The minimum absolute atomic E-state index is 0.0401. The lowest BCUT2D eigenvalue weighted by Gasteiger charge is -2.05. The molecule has 1 amide bonds. The lowest BCUT2D eigenvalue weighted by molar-refractivity contribution is -0.123. The van der Waals surface area contributed by atoms with Gasteiger partial charge in [-0.3, -0.25) is 4.79 Å². The Labute approximate surface area is 107 Å². The maximum absolute atomic E-state index is 11.5. The number of aromatic nitrogens is 1. The number of fused-ring (bicyclic) bond motifs is 1. The maximum Gasteiger partial charge on any atom is 0.246 e. The monoisotopic (exact) mass is 240 g/mol. The number of pyridine rings is 1. The number of hydrogen-bond donors (Lipinski definition) is 0. The van der Waals surface area contributed by atoms with E-state index in [4.69, 9.17) is 0 Å². The van der Waals surface area contributed by atoms with Crippen LogP contribution in [0.4, 0.5) is 0 Å². The zero-order valence-electron chi connectivity index (χ0n) is 10.8. The van der Waals surface area contributed by atoms with Crippen molar-refractivity contribution in [1.29, 1.82) is 0 Å². The van der Waals surface area contributed by atoms with E-state index in [2.05, 4.69) is 4.98 Å². The van der Waals surface area contributed by atoms with Gasteiger partial charge in [-0.15, -0.1) is 0 Å². The Bertz CT molecular complexity index is 615. The third kappa shape index (κ3) is 2.56. The lowest BCUT2D eigenvalue weighted by atomic mass is 10.1.